The van der Waals surface area contributed by atoms with Crippen LogP contribution in [0.5, 0.6) is 0 Å². The van der Waals surface area contributed by atoms with Gasteiger partial charge in [0.25, 0.3) is 0 Å². The fourth-order valence-electron chi connectivity index (χ4n) is 2.71. The molecule has 94 valence electrons. The Balaban J connectivity index is 1.86. The van der Waals surface area contributed by atoms with Crippen molar-refractivity contribution in [1.29, 1.82) is 0 Å². The molecule has 0 amide bonds. The van der Waals surface area contributed by atoms with Gasteiger partial charge >= 0.3 is 0 Å². The molecule has 2 rings (SSSR count). The van der Waals surface area contributed by atoms with Gasteiger partial charge in [0.2, 0.25) is 0 Å². The molecule has 1 aliphatic rings. The van der Waals surface area contributed by atoms with Crippen LogP contribution in [-0.4, -0.2) is 24.8 Å². The van der Waals surface area contributed by atoms with E-state index in [2.05, 4.69) is 43.1 Å². The summed E-state index contributed by atoms with van der Waals surface area (Å²) in [5.41, 5.74) is 2.58. The molecule has 2 nitrogen and oxygen atoms in total. The van der Waals surface area contributed by atoms with Gasteiger partial charge in [-0.2, -0.15) is 0 Å². The van der Waals surface area contributed by atoms with Gasteiger partial charge in [0.05, 0.1) is 6.10 Å². The van der Waals surface area contributed by atoms with Gasteiger partial charge < -0.3 is 10.0 Å². The Kier molecular flexibility index (Phi) is 4.06. The number of nitrogens with zero attached hydrogens (tertiary/aromatic N) is 1. The van der Waals surface area contributed by atoms with Gasteiger partial charge in [0, 0.05) is 19.3 Å². The Morgan fingerprint density at radius 3 is 2.82 bits per heavy atom. The lowest BCUT2D eigenvalue weighted by molar-refractivity contribution is 0.129. The monoisotopic (exact) mass is 233 g/mol. The number of aliphatic hydroxyl groups is 1. The van der Waals surface area contributed by atoms with Gasteiger partial charge in [0.1, 0.15) is 0 Å². The van der Waals surface area contributed by atoms with E-state index in [1.807, 2.05) is 0 Å². The minimum atomic E-state index is -0.0547. The van der Waals surface area contributed by atoms with E-state index in [0.29, 0.717) is 5.92 Å². The fraction of sp³-hybridized carbons (Fsp3) is 0.600. The molecule has 1 aromatic carbocycles. The minimum absolute atomic E-state index is 0.0547. The normalized spacial score (nSPS) is 23.9. The van der Waals surface area contributed by atoms with Crippen molar-refractivity contribution < 1.29 is 5.11 Å². The van der Waals surface area contributed by atoms with Crippen molar-refractivity contribution in [3.63, 3.8) is 0 Å². The smallest absolute Gasteiger partial charge is 0.0569 e. The second kappa shape index (κ2) is 5.54. The first-order chi connectivity index (χ1) is 8.16. The van der Waals surface area contributed by atoms with E-state index in [-0.39, 0.29) is 6.10 Å². The predicted molar refractivity (Wildman–Crippen MR) is 72.4 cm³/mol. The number of anilines is 1. The van der Waals surface area contributed by atoms with Gasteiger partial charge in [-0.3, -0.25) is 0 Å². The Labute approximate surface area is 104 Å². The van der Waals surface area contributed by atoms with Crippen molar-refractivity contribution in [3.05, 3.63) is 29.8 Å². The van der Waals surface area contributed by atoms with Gasteiger partial charge in [-0.05, 0) is 49.8 Å². The molecule has 0 radical (unpaired) electrons. The summed E-state index contributed by atoms with van der Waals surface area (Å²) in [4.78, 5) is 2.29. The Morgan fingerprint density at radius 1 is 1.35 bits per heavy atom. The number of aliphatic hydroxyl groups excluding tert-OH is 1. The zero-order chi connectivity index (χ0) is 12.3. The number of aryl methyl sites for hydroxylation is 1. The predicted octanol–water partition coefficient (Wildman–Crippen LogP) is 2.98. The summed E-state index contributed by atoms with van der Waals surface area (Å²) in [6.45, 7) is 3.16. The topological polar surface area (TPSA) is 23.5 Å². The first-order valence-electron chi connectivity index (χ1n) is 6.62. The van der Waals surface area contributed by atoms with Crippen LogP contribution in [0.3, 0.4) is 0 Å². The van der Waals surface area contributed by atoms with E-state index >= 15 is 0 Å². The lowest BCUT2D eigenvalue weighted by Gasteiger charge is -2.23. The van der Waals surface area contributed by atoms with Gasteiger partial charge in [-0.25, -0.2) is 0 Å². The Bertz CT molecular complexity index is 364. The van der Waals surface area contributed by atoms with E-state index < -0.39 is 0 Å². The molecule has 0 spiro atoms. The summed E-state index contributed by atoms with van der Waals surface area (Å²) in [6, 6.07) is 8.59. The second-order valence-corrected chi connectivity index (χ2v) is 5.31. The summed E-state index contributed by atoms with van der Waals surface area (Å²) in [5.74, 6) is 0.516. The number of rotatable bonds is 4. The molecule has 2 atom stereocenters. The molecule has 1 aromatic rings. The maximum Gasteiger partial charge on any atom is 0.0569 e. The Morgan fingerprint density at radius 2 is 2.18 bits per heavy atom. The molecule has 1 aliphatic carbocycles. The highest BCUT2D eigenvalue weighted by atomic mass is 16.3. The number of benzene rings is 1. The van der Waals surface area contributed by atoms with Crippen LogP contribution in [-0.2, 0) is 0 Å². The van der Waals surface area contributed by atoms with Crippen LogP contribution in [0.1, 0.15) is 31.2 Å². The summed E-state index contributed by atoms with van der Waals surface area (Å²) in [7, 11) is 2.14. The third-order valence-electron chi connectivity index (χ3n) is 3.90. The quantitative estimate of drug-likeness (QED) is 0.864. The third kappa shape index (κ3) is 3.22. The zero-order valence-electron chi connectivity index (χ0n) is 10.9. The zero-order valence-corrected chi connectivity index (χ0v) is 10.9. The highest BCUT2D eigenvalue weighted by Gasteiger charge is 2.24. The lowest BCUT2D eigenvalue weighted by atomic mass is 10.0. The second-order valence-electron chi connectivity index (χ2n) is 5.31. The van der Waals surface area contributed by atoms with Crippen molar-refractivity contribution in [2.24, 2.45) is 5.92 Å². The first-order valence-corrected chi connectivity index (χ1v) is 6.62. The van der Waals surface area contributed by atoms with E-state index in [1.54, 1.807) is 0 Å². The third-order valence-corrected chi connectivity index (χ3v) is 3.90. The van der Waals surface area contributed by atoms with Crippen LogP contribution in [0.15, 0.2) is 24.3 Å². The van der Waals surface area contributed by atoms with Crippen molar-refractivity contribution in [2.45, 2.75) is 38.7 Å². The average molecular weight is 233 g/mol. The van der Waals surface area contributed by atoms with Crippen molar-refractivity contribution in [3.8, 4) is 0 Å². The van der Waals surface area contributed by atoms with E-state index in [4.69, 9.17) is 0 Å². The van der Waals surface area contributed by atoms with Crippen molar-refractivity contribution >= 4 is 5.69 Å². The largest absolute Gasteiger partial charge is 0.393 e. The van der Waals surface area contributed by atoms with Crippen LogP contribution in [0.2, 0.25) is 0 Å². The van der Waals surface area contributed by atoms with Crippen LogP contribution >= 0.6 is 0 Å². The number of hydrogen-bond donors (Lipinski definition) is 1. The molecule has 2 heteroatoms. The average Bonchev–Trinajstić information content (AvgIpc) is 2.72. The molecule has 0 bridgehead atoms. The molecular formula is C15H23NO. The molecule has 1 saturated carbocycles. The summed E-state index contributed by atoms with van der Waals surface area (Å²) >= 11 is 0. The summed E-state index contributed by atoms with van der Waals surface area (Å²) < 4.78 is 0. The van der Waals surface area contributed by atoms with Crippen molar-refractivity contribution in [2.75, 3.05) is 18.5 Å². The van der Waals surface area contributed by atoms with E-state index in [9.17, 15) is 5.11 Å². The Hall–Kier alpha value is -1.02. The molecule has 0 aromatic heterocycles. The molecule has 2 unspecified atom stereocenters. The molecule has 1 fully saturated rings. The van der Waals surface area contributed by atoms with Gasteiger partial charge in [-0.15, -0.1) is 0 Å². The fourth-order valence-corrected chi connectivity index (χ4v) is 2.71. The highest BCUT2D eigenvalue weighted by molar-refractivity contribution is 5.47. The van der Waals surface area contributed by atoms with Gasteiger partial charge in [-0.1, -0.05) is 18.6 Å². The molecule has 0 heterocycles. The van der Waals surface area contributed by atoms with E-state index in [0.717, 1.165) is 19.4 Å². The molecule has 1 N–H and O–H groups in total. The van der Waals surface area contributed by atoms with Crippen LogP contribution < -0.4 is 4.90 Å². The lowest BCUT2D eigenvalue weighted by Crippen LogP contribution is -2.23. The maximum atomic E-state index is 9.80. The molecular weight excluding hydrogens is 210 g/mol. The van der Waals surface area contributed by atoms with Crippen LogP contribution in [0.4, 0.5) is 5.69 Å². The van der Waals surface area contributed by atoms with Crippen LogP contribution in [0, 0.1) is 12.8 Å². The van der Waals surface area contributed by atoms with Crippen LogP contribution in [0.25, 0.3) is 0 Å². The highest BCUT2D eigenvalue weighted by Crippen LogP contribution is 2.28. The standard InChI is InChI=1S/C15H23NO/c1-12-5-3-7-14(11-12)16(2)10-9-13-6-4-8-15(13)17/h3,5,7,11,13,15,17H,4,6,8-10H2,1-2H3. The first kappa shape index (κ1) is 12.4. The molecule has 0 saturated heterocycles. The number of hydrogen-bond acceptors (Lipinski definition) is 2. The maximum absolute atomic E-state index is 9.80. The molecule has 0 aliphatic heterocycles. The minimum Gasteiger partial charge on any atom is -0.393 e. The molecule has 17 heavy (non-hydrogen) atoms. The summed E-state index contributed by atoms with van der Waals surface area (Å²) in [6.07, 6.45) is 4.44. The SMILES string of the molecule is Cc1cccc(N(C)CCC2CCCC2O)c1. The van der Waals surface area contributed by atoms with E-state index in [1.165, 1.54) is 24.1 Å². The van der Waals surface area contributed by atoms with Gasteiger partial charge in [0.15, 0.2) is 0 Å². The summed E-state index contributed by atoms with van der Waals surface area (Å²) in [5, 5.41) is 9.80. The van der Waals surface area contributed by atoms with Crippen molar-refractivity contribution in [1.82, 2.24) is 0 Å².